The van der Waals surface area contributed by atoms with Crippen LogP contribution in [-0.2, 0) is 0 Å². The van der Waals surface area contributed by atoms with Gasteiger partial charge in [-0.1, -0.05) is 29.8 Å². The van der Waals surface area contributed by atoms with Gasteiger partial charge in [0.2, 0.25) is 5.89 Å². The number of fused-ring (bicyclic) bond motifs is 1. The molecule has 0 saturated heterocycles. The third kappa shape index (κ3) is 1.73. The zero-order valence-electron chi connectivity index (χ0n) is 9.77. The number of aromatic nitrogens is 1. The summed E-state index contributed by atoms with van der Waals surface area (Å²) in [5.74, 6) is 0.567. The average Bonchev–Trinajstić information content (AvgIpc) is 2.73. The molecule has 1 heterocycles. The number of hydrogen-bond donors (Lipinski definition) is 1. The standard InChI is InChI=1S/C14H11ClN2O/c1-8-4-2-3-5-10(8)14-17-12-7-9(15)6-11(16)13(12)18-14/h2-7H,16H2,1H3. The van der Waals surface area contributed by atoms with Gasteiger partial charge >= 0.3 is 0 Å². The maximum atomic E-state index is 5.95. The number of nitrogens with two attached hydrogens (primary N) is 1. The average molecular weight is 259 g/mol. The second-order valence-corrected chi connectivity index (χ2v) is 4.61. The van der Waals surface area contributed by atoms with Crippen LogP contribution in [0.3, 0.4) is 0 Å². The summed E-state index contributed by atoms with van der Waals surface area (Å²) in [5, 5.41) is 0.560. The van der Waals surface area contributed by atoms with Crippen LogP contribution in [0.1, 0.15) is 5.56 Å². The molecular formula is C14H11ClN2O. The molecule has 0 spiro atoms. The molecule has 3 nitrogen and oxygen atoms in total. The first-order valence-corrected chi connectivity index (χ1v) is 5.94. The lowest BCUT2D eigenvalue weighted by atomic mass is 10.1. The minimum atomic E-state index is 0.504. The number of halogens is 1. The lowest BCUT2D eigenvalue weighted by Gasteiger charge is -1.98. The molecule has 0 aliphatic heterocycles. The summed E-state index contributed by atoms with van der Waals surface area (Å²) in [6, 6.07) is 11.3. The van der Waals surface area contributed by atoms with Gasteiger partial charge < -0.3 is 10.2 Å². The summed E-state index contributed by atoms with van der Waals surface area (Å²) in [5.41, 5.74) is 9.70. The van der Waals surface area contributed by atoms with E-state index in [0.29, 0.717) is 27.7 Å². The van der Waals surface area contributed by atoms with Gasteiger partial charge in [-0.25, -0.2) is 4.98 Å². The molecule has 2 aromatic carbocycles. The molecule has 18 heavy (non-hydrogen) atoms. The van der Waals surface area contributed by atoms with Crippen LogP contribution >= 0.6 is 11.6 Å². The quantitative estimate of drug-likeness (QED) is 0.670. The van der Waals surface area contributed by atoms with Crippen molar-refractivity contribution in [2.24, 2.45) is 0 Å². The Kier molecular flexibility index (Phi) is 2.49. The van der Waals surface area contributed by atoms with Crippen molar-refractivity contribution in [3.8, 4) is 11.5 Å². The van der Waals surface area contributed by atoms with E-state index in [-0.39, 0.29) is 0 Å². The SMILES string of the molecule is Cc1ccccc1-c1nc2cc(Cl)cc(N)c2o1. The van der Waals surface area contributed by atoms with Crippen molar-refractivity contribution < 1.29 is 4.42 Å². The molecule has 0 amide bonds. The smallest absolute Gasteiger partial charge is 0.227 e. The number of anilines is 1. The molecule has 3 rings (SSSR count). The van der Waals surface area contributed by atoms with Crippen molar-refractivity contribution in [1.29, 1.82) is 0 Å². The van der Waals surface area contributed by atoms with E-state index in [2.05, 4.69) is 4.98 Å². The number of nitrogen functional groups attached to an aromatic ring is 1. The molecule has 1 aromatic heterocycles. The van der Waals surface area contributed by atoms with E-state index in [4.69, 9.17) is 21.8 Å². The van der Waals surface area contributed by atoms with Crippen LogP contribution in [0.15, 0.2) is 40.8 Å². The molecule has 0 aliphatic carbocycles. The van der Waals surface area contributed by atoms with Gasteiger partial charge in [0.05, 0.1) is 5.69 Å². The Balaban J connectivity index is 2.26. The highest BCUT2D eigenvalue weighted by atomic mass is 35.5. The molecule has 0 radical (unpaired) electrons. The lowest BCUT2D eigenvalue weighted by molar-refractivity contribution is 0.620. The van der Waals surface area contributed by atoms with Crippen LogP contribution in [0, 0.1) is 6.92 Å². The number of hydrogen-bond acceptors (Lipinski definition) is 3. The predicted molar refractivity (Wildman–Crippen MR) is 73.6 cm³/mol. The zero-order chi connectivity index (χ0) is 12.7. The fourth-order valence-electron chi connectivity index (χ4n) is 1.95. The van der Waals surface area contributed by atoms with E-state index in [9.17, 15) is 0 Å². The van der Waals surface area contributed by atoms with Gasteiger partial charge in [0.1, 0.15) is 5.52 Å². The Bertz CT molecular complexity index is 734. The Morgan fingerprint density at radius 2 is 2.00 bits per heavy atom. The Morgan fingerprint density at radius 3 is 2.78 bits per heavy atom. The molecule has 0 aliphatic rings. The van der Waals surface area contributed by atoms with Crippen LogP contribution in [0.2, 0.25) is 5.02 Å². The van der Waals surface area contributed by atoms with Gasteiger partial charge in [0, 0.05) is 10.6 Å². The van der Waals surface area contributed by atoms with Crippen LogP contribution in [0.4, 0.5) is 5.69 Å². The summed E-state index contributed by atoms with van der Waals surface area (Å²) in [6.07, 6.45) is 0. The maximum absolute atomic E-state index is 5.95. The van der Waals surface area contributed by atoms with E-state index in [1.54, 1.807) is 12.1 Å². The molecule has 2 N–H and O–H groups in total. The van der Waals surface area contributed by atoms with Crippen molar-refractivity contribution >= 4 is 28.4 Å². The topological polar surface area (TPSA) is 52.0 Å². The van der Waals surface area contributed by atoms with Gasteiger partial charge in [0.15, 0.2) is 5.58 Å². The first-order valence-electron chi connectivity index (χ1n) is 5.57. The van der Waals surface area contributed by atoms with Gasteiger partial charge in [0.25, 0.3) is 0 Å². The van der Waals surface area contributed by atoms with Crippen molar-refractivity contribution in [2.75, 3.05) is 5.73 Å². The Labute approximate surface area is 109 Å². The third-order valence-corrected chi connectivity index (χ3v) is 3.08. The molecule has 4 heteroatoms. The van der Waals surface area contributed by atoms with Crippen LogP contribution in [0.5, 0.6) is 0 Å². The second kappa shape index (κ2) is 4.03. The van der Waals surface area contributed by atoms with E-state index in [1.165, 1.54) is 0 Å². The number of aryl methyl sites for hydroxylation is 1. The number of benzene rings is 2. The van der Waals surface area contributed by atoms with Gasteiger partial charge in [-0.2, -0.15) is 0 Å². The van der Waals surface area contributed by atoms with E-state index in [0.717, 1.165) is 11.1 Å². The van der Waals surface area contributed by atoms with Crippen LogP contribution < -0.4 is 5.73 Å². The van der Waals surface area contributed by atoms with E-state index < -0.39 is 0 Å². The summed E-state index contributed by atoms with van der Waals surface area (Å²) >= 11 is 5.95. The van der Waals surface area contributed by atoms with Crippen LogP contribution in [0.25, 0.3) is 22.6 Å². The molecule has 0 unspecified atom stereocenters. The third-order valence-electron chi connectivity index (χ3n) is 2.86. The van der Waals surface area contributed by atoms with E-state index in [1.807, 2.05) is 31.2 Å². The van der Waals surface area contributed by atoms with Crippen molar-refractivity contribution in [2.45, 2.75) is 6.92 Å². The van der Waals surface area contributed by atoms with E-state index >= 15 is 0 Å². The Morgan fingerprint density at radius 1 is 1.22 bits per heavy atom. The van der Waals surface area contributed by atoms with Gasteiger partial charge in [-0.15, -0.1) is 0 Å². The second-order valence-electron chi connectivity index (χ2n) is 4.18. The van der Waals surface area contributed by atoms with Gasteiger partial charge in [-0.3, -0.25) is 0 Å². The maximum Gasteiger partial charge on any atom is 0.227 e. The largest absolute Gasteiger partial charge is 0.434 e. The summed E-state index contributed by atoms with van der Waals surface area (Å²) in [6.45, 7) is 2.01. The molecular weight excluding hydrogens is 248 g/mol. The predicted octanol–water partition coefficient (Wildman–Crippen LogP) is 4.04. The molecule has 3 aromatic rings. The minimum absolute atomic E-state index is 0.504. The highest BCUT2D eigenvalue weighted by Gasteiger charge is 2.12. The molecule has 0 bridgehead atoms. The molecule has 0 saturated carbocycles. The number of oxazole rings is 1. The number of rotatable bonds is 1. The minimum Gasteiger partial charge on any atom is -0.434 e. The lowest BCUT2D eigenvalue weighted by Crippen LogP contribution is -1.84. The van der Waals surface area contributed by atoms with Gasteiger partial charge in [-0.05, 0) is 30.7 Å². The highest BCUT2D eigenvalue weighted by molar-refractivity contribution is 6.31. The molecule has 90 valence electrons. The van der Waals surface area contributed by atoms with Crippen LogP contribution in [-0.4, -0.2) is 4.98 Å². The highest BCUT2D eigenvalue weighted by Crippen LogP contribution is 2.31. The molecule has 0 fully saturated rings. The summed E-state index contributed by atoms with van der Waals surface area (Å²) in [7, 11) is 0. The van der Waals surface area contributed by atoms with Crippen molar-refractivity contribution in [3.05, 3.63) is 47.0 Å². The first kappa shape index (κ1) is 11.1. The fourth-order valence-corrected chi connectivity index (χ4v) is 2.17. The van der Waals surface area contributed by atoms with Crippen molar-refractivity contribution in [3.63, 3.8) is 0 Å². The number of nitrogens with zero attached hydrogens (tertiary/aromatic N) is 1. The van der Waals surface area contributed by atoms with Crippen molar-refractivity contribution in [1.82, 2.24) is 4.98 Å². The molecule has 0 atom stereocenters. The zero-order valence-corrected chi connectivity index (χ0v) is 10.5. The summed E-state index contributed by atoms with van der Waals surface area (Å²) < 4.78 is 5.73. The monoisotopic (exact) mass is 258 g/mol. The fraction of sp³-hybridized carbons (Fsp3) is 0.0714. The normalized spacial score (nSPS) is 11.0. The Hall–Kier alpha value is -2.00. The summed E-state index contributed by atoms with van der Waals surface area (Å²) in [4.78, 5) is 4.43. The first-order chi connectivity index (χ1) is 8.65.